The second kappa shape index (κ2) is 10.7. The molecule has 0 bridgehead atoms. The molecule has 0 atom stereocenters. The third-order valence-electron chi connectivity index (χ3n) is 4.75. The predicted molar refractivity (Wildman–Crippen MR) is 108 cm³/mol. The Hall–Kier alpha value is -1.40. The maximum Gasteiger partial charge on any atom is 0.0594 e. The van der Waals surface area contributed by atoms with Crippen LogP contribution >= 0.6 is 11.8 Å². The molecule has 0 spiro atoms. The quantitative estimate of drug-likeness (QED) is 0.629. The monoisotopic (exact) mass is 371 g/mol. The van der Waals surface area contributed by atoms with Gasteiger partial charge in [0.1, 0.15) is 0 Å². The summed E-state index contributed by atoms with van der Waals surface area (Å²) in [5.41, 5.74) is 2.65. The van der Waals surface area contributed by atoms with E-state index in [9.17, 15) is 0 Å². The standard InChI is InChI=1S/C21H29N3OS/c1-26-21-7-5-19(6-8-21)17-24(18-20-4-2-9-22-16-20)11-3-10-23-12-14-25-15-13-23/h2,4-9,16H,3,10-15,17-18H2,1H3. The van der Waals surface area contributed by atoms with Crippen molar-refractivity contribution in [3.8, 4) is 0 Å². The number of rotatable bonds is 9. The van der Waals surface area contributed by atoms with Crippen LogP contribution in [0.4, 0.5) is 0 Å². The van der Waals surface area contributed by atoms with Crippen LogP contribution in [0.2, 0.25) is 0 Å². The van der Waals surface area contributed by atoms with Crippen molar-refractivity contribution in [3.05, 3.63) is 59.9 Å². The van der Waals surface area contributed by atoms with Gasteiger partial charge in [0.25, 0.3) is 0 Å². The Morgan fingerprint density at radius 1 is 1.08 bits per heavy atom. The van der Waals surface area contributed by atoms with Crippen molar-refractivity contribution in [1.82, 2.24) is 14.8 Å². The third kappa shape index (κ3) is 6.40. The molecule has 26 heavy (non-hydrogen) atoms. The Morgan fingerprint density at radius 2 is 1.85 bits per heavy atom. The van der Waals surface area contributed by atoms with E-state index in [0.717, 1.165) is 52.5 Å². The fourth-order valence-corrected chi connectivity index (χ4v) is 3.70. The minimum atomic E-state index is 0.876. The van der Waals surface area contributed by atoms with E-state index in [0.29, 0.717) is 0 Å². The topological polar surface area (TPSA) is 28.6 Å². The molecule has 1 saturated heterocycles. The SMILES string of the molecule is CSc1ccc(CN(CCCN2CCOCC2)Cc2cccnc2)cc1. The largest absolute Gasteiger partial charge is 0.379 e. The first-order valence-electron chi connectivity index (χ1n) is 9.38. The number of benzene rings is 1. The minimum absolute atomic E-state index is 0.876. The zero-order valence-corrected chi connectivity index (χ0v) is 16.5. The summed E-state index contributed by atoms with van der Waals surface area (Å²) in [7, 11) is 0. The number of nitrogens with zero attached hydrogens (tertiary/aromatic N) is 3. The van der Waals surface area contributed by atoms with Crippen LogP contribution in [-0.4, -0.2) is 60.4 Å². The van der Waals surface area contributed by atoms with Gasteiger partial charge in [-0.1, -0.05) is 18.2 Å². The molecule has 0 saturated carbocycles. The number of morpholine rings is 1. The molecule has 5 heteroatoms. The highest BCUT2D eigenvalue weighted by Crippen LogP contribution is 2.17. The van der Waals surface area contributed by atoms with Crippen LogP contribution in [-0.2, 0) is 17.8 Å². The molecule has 3 rings (SSSR count). The molecule has 1 aliphatic rings. The van der Waals surface area contributed by atoms with E-state index >= 15 is 0 Å². The number of aromatic nitrogens is 1. The first-order chi connectivity index (χ1) is 12.8. The van der Waals surface area contributed by atoms with Gasteiger partial charge in [0.2, 0.25) is 0 Å². The van der Waals surface area contributed by atoms with E-state index in [1.807, 2.05) is 18.5 Å². The summed E-state index contributed by atoms with van der Waals surface area (Å²) >= 11 is 1.79. The molecule has 0 amide bonds. The summed E-state index contributed by atoms with van der Waals surface area (Å²) in [6.07, 6.45) is 7.12. The summed E-state index contributed by atoms with van der Waals surface area (Å²) in [6, 6.07) is 13.1. The molecule has 0 radical (unpaired) electrons. The Morgan fingerprint density at radius 3 is 2.54 bits per heavy atom. The number of thioether (sulfide) groups is 1. The normalized spacial score (nSPS) is 15.5. The zero-order valence-electron chi connectivity index (χ0n) is 15.6. The van der Waals surface area contributed by atoms with Crippen LogP contribution in [0.1, 0.15) is 17.5 Å². The second-order valence-electron chi connectivity index (χ2n) is 6.73. The zero-order chi connectivity index (χ0) is 18.0. The first kappa shape index (κ1) is 19.4. The van der Waals surface area contributed by atoms with Crippen molar-refractivity contribution in [3.63, 3.8) is 0 Å². The Kier molecular flexibility index (Phi) is 7.95. The van der Waals surface area contributed by atoms with Crippen molar-refractivity contribution >= 4 is 11.8 Å². The van der Waals surface area contributed by atoms with E-state index in [1.54, 1.807) is 11.8 Å². The highest BCUT2D eigenvalue weighted by atomic mass is 32.2. The number of pyridine rings is 1. The van der Waals surface area contributed by atoms with Crippen LogP contribution in [0.5, 0.6) is 0 Å². The fraction of sp³-hybridized carbons (Fsp3) is 0.476. The minimum Gasteiger partial charge on any atom is -0.379 e. The molecule has 2 heterocycles. The number of hydrogen-bond acceptors (Lipinski definition) is 5. The lowest BCUT2D eigenvalue weighted by Crippen LogP contribution is -2.38. The van der Waals surface area contributed by atoms with Crippen molar-refractivity contribution in [2.45, 2.75) is 24.4 Å². The van der Waals surface area contributed by atoms with Crippen LogP contribution in [0.3, 0.4) is 0 Å². The lowest BCUT2D eigenvalue weighted by atomic mass is 10.2. The maximum absolute atomic E-state index is 5.44. The Balaban J connectivity index is 1.56. The van der Waals surface area contributed by atoms with E-state index in [-0.39, 0.29) is 0 Å². The molecular weight excluding hydrogens is 342 g/mol. The molecule has 1 aromatic carbocycles. The van der Waals surface area contributed by atoms with Crippen molar-refractivity contribution in [2.75, 3.05) is 45.6 Å². The van der Waals surface area contributed by atoms with Crippen LogP contribution in [0.25, 0.3) is 0 Å². The van der Waals surface area contributed by atoms with Gasteiger partial charge in [0, 0.05) is 50.0 Å². The van der Waals surface area contributed by atoms with Gasteiger partial charge < -0.3 is 4.74 Å². The molecule has 140 valence electrons. The molecule has 2 aromatic rings. The van der Waals surface area contributed by atoms with Crippen LogP contribution < -0.4 is 0 Å². The highest BCUT2D eigenvalue weighted by molar-refractivity contribution is 7.98. The predicted octanol–water partition coefficient (Wildman–Crippen LogP) is 3.53. The van der Waals surface area contributed by atoms with Gasteiger partial charge in [-0.2, -0.15) is 0 Å². The van der Waals surface area contributed by atoms with Crippen molar-refractivity contribution in [2.24, 2.45) is 0 Å². The summed E-state index contributed by atoms with van der Waals surface area (Å²) in [4.78, 5) is 10.6. The van der Waals surface area contributed by atoms with Gasteiger partial charge in [0.15, 0.2) is 0 Å². The van der Waals surface area contributed by atoms with Crippen molar-refractivity contribution < 1.29 is 4.74 Å². The Labute approximate surface area is 161 Å². The first-order valence-corrected chi connectivity index (χ1v) is 10.6. The van der Waals surface area contributed by atoms with E-state index in [4.69, 9.17) is 4.74 Å². The molecule has 0 unspecified atom stereocenters. The van der Waals surface area contributed by atoms with Gasteiger partial charge in [-0.25, -0.2) is 0 Å². The molecule has 1 aromatic heterocycles. The van der Waals surface area contributed by atoms with Gasteiger partial charge in [-0.3, -0.25) is 14.8 Å². The van der Waals surface area contributed by atoms with Gasteiger partial charge in [-0.15, -0.1) is 11.8 Å². The molecule has 1 aliphatic heterocycles. The molecule has 1 fully saturated rings. The van der Waals surface area contributed by atoms with E-state index < -0.39 is 0 Å². The molecule has 4 nitrogen and oxygen atoms in total. The molecule has 0 aliphatic carbocycles. The lowest BCUT2D eigenvalue weighted by molar-refractivity contribution is 0.0359. The van der Waals surface area contributed by atoms with Gasteiger partial charge in [0.05, 0.1) is 13.2 Å². The summed E-state index contributed by atoms with van der Waals surface area (Å²) in [5, 5.41) is 0. The highest BCUT2D eigenvalue weighted by Gasteiger charge is 2.12. The summed E-state index contributed by atoms with van der Waals surface area (Å²) in [6.45, 7) is 8.06. The van der Waals surface area contributed by atoms with Crippen molar-refractivity contribution in [1.29, 1.82) is 0 Å². The molecule has 0 N–H and O–H groups in total. The Bertz CT molecular complexity index is 629. The molecular formula is C21H29N3OS. The van der Waals surface area contributed by atoms with E-state index in [2.05, 4.69) is 51.4 Å². The van der Waals surface area contributed by atoms with Gasteiger partial charge in [-0.05, 0) is 48.5 Å². The number of ether oxygens (including phenoxy) is 1. The second-order valence-corrected chi connectivity index (χ2v) is 7.61. The summed E-state index contributed by atoms with van der Waals surface area (Å²) in [5.74, 6) is 0. The smallest absolute Gasteiger partial charge is 0.0594 e. The van der Waals surface area contributed by atoms with Crippen LogP contribution in [0, 0.1) is 0 Å². The average molecular weight is 372 g/mol. The lowest BCUT2D eigenvalue weighted by Gasteiger charge is -2.28. The van der Waals surface area contributed by atoms with E-state index in [1.165, 1.54) is 22.4 Å². The summed E-state index contributed by atoms with van der Waals surface area (Å²) < 4.78 is 5.44. The average Bonchev–Trinajstić information content (AvgIpc) is 2.70. The van der Waals surface area contributed by atoms with Gasteiger partial charge >= 0.3 is 0 Å². The number of hydrogen-bond donors (Lipinski definition) is 0. The van der Waals surface area contributed by atoms with Crippen LogP contribution in [0.15, 0.2) is 53.7 Å². The fourth-order valence-electron chi connectivity index (χ4n) is 3.30. The maximum atomic E-state index is 5.44. The third-order valence-corrected chi connectivity index (χ3v) is 5.49.